The average Bonchev–Trinajstić information content (AvgIpc) is 2.89. The smallest absolute Gasteiger partial charge is 0.0933 e. The van der Waals surface area contributed by atoms with Crippen LogP contribution in [0.15, 0.2) is 5.38 Å². The number of aryl methyl sites for hydroxylation is 1. The Balaban J connectivity index is 1.74. The highest BCUT2D eigenvalue weighted by molar-refractivity contribution is 7.09. The molecule has 2 unspecified atom stereocenters. The van der Waals surface area contributed by atoms with Gasteiger partial charge in [0.2, 0.25) is 0 Å². The molecular weight excluding hydrogens is 284 g/mol. The van der Waals surface area contributed by atoms with E-state index in [4.69, 9.17) is 21.4 Å². The van der Waals surface area contributed by atoms with Crippen molar-refractivity contribution in [1.82, 2.24) is 9.88 Å². The molecule has 4 nitrogen and oxygen atoms in total. The standard InChI is InChI=1S/C13H21ClN2O2S/c1-10-8-18-12(7-17)6-16(10)4-2-3-13-15-11(5-14)9-19-13/h9-10,12,17H,2-8H2,1H3. The molecule has 2 rings (SSSR count). The second-order valence-electron chi connectivity index (χ2n) is 4.95. The summed E-state index contributed by atoms with van der Waals surface area (Å²) in [5.74, 6) is 0.495. The van der Waals surface area contributed by atoms with E-state index in [0.29, 0.717) is 18.5 Å². The zero-order chi connectivity index (χ0) is 13.7. The lowest BCUT2D eigenvalue weighted by Gasteiger charge is -2.37. The highest BCUT2D eigenvalue weighted by atomic mass is 35.5. The van der Waals surface area contributed by atoms with E-state index in [1.165, 1.54) is 0 Å². The first kappa shape index (κ1) is 15.2. The van der Waals surface area contributed by atoms with Crippen LogP contribution in [0.4, 0.5) is 0 Å². The van der Waals surface area contributed by atoms with E-state index in [1.807, 2.05) is 5.38 Å². The summed E-state index contributed by atoms with van der Waals surface area (Å²) in [5, 5.41) is 12.3. The molecule has 2 heterocycles. The summed E-state index contributed by atoms with van der Waals surface area (Å²) >= 11 is 7.43. The maximum absolute atomic E-state index is 9.16. The van der Waals surface area contributed by atoms with E-state index in [0.717, 1.165) is 36.6 Å². The van der Waals surface area contributed by atoms with Crippen molar-refractivity contribution in [3.63, 3.8) is 0 Å². The number of aliphatic hydroxyl groups excluding tert-OH is 1. The Morgan fingerprint density at radius 3 is 3.16 bits per heavy atom. The summed E-state index contributed by atoms with van der Waals surface area (Å²) in [7, 11) is 0. The third-order valence-electron chi connectivity index (χ3n) is 3.41. The van der Waals surface area contributed by atoms with Crippen LogP contribution in [0.2, 0.25) is 0 Å². The molecule has 0 radical (unpaired) electrons. The van der Waals surface area contributed by atoms with Crippen LogP contribution in [-0.2, 0) is 17.0 Å². The van der Waals surface area contributed by atoms with E-state index in [9.17, 15) is 0 Å². The summed E-state index contributed by atoms with van der Waals surface area (Å²) in [4.78, 5) is 6.85. The van der Waals surface area contributed by atoms with E-state index < -0.39 is 0 Å². The lowest BCUT2D eigenvalue weighted by Crippen LogP contribution is -2.49. The maximum Gasteiger partial charge on any atom is 0.0933 e. The Morgan fingerprint density at radius 1 is 1.63 bits per heavy atom. The van der Waals surface area contributed by atoms with Gasteiger partial charge in [0.15, 0.2) is 0 Å². The molecule has 0 spiro atoms. The minimum Gasteiger partial charge on any atom is -0.394 e. The Bertz CT molecular complexity index is 388. The molecule has 1 N–H and O–H groups in total. The molecule has 19 heavy (non-hydrogen) atoms. The first-order valence-electron chi connectivity index (χ1n) is 6.68. The number of thiazole rings is 1. The van der Waals surface area contributed by atoms with Crippen LogP contribution in [-0.4, -0.2) is 53.4 Å². The number of alkyl halides is 1. The van der Waals surface area contributed by atoms with Crippen molar-refractivity contribution in [3.8, 4) is 0 Å². The van der Waals surface area contributed by atoms with Crippen molar-refractivity contribution in [3.05, 3.63) is 16.1 Å². The number of halogens is 1. The number of rotatable bonds is 6. The highest BCUT2D eigenvalue weighted by Gasteiger charge is 2.24. The molecule has 108 valence electrons. The number of hydrogen-bond donors (Lipinski definition) is 1. The van der Waals surface area contributed by atoms with Crippen molar-refractivity contribution in [2.24, 2.45) is 0 Å². The molecule has 6 heteroatoms. The van der Waals surface area contributed by atoms with Crippen LogP contribution >= 0.6 is 22.9 Å². The van der Waals surface area contributed by atoms with Crippen LogP contribution in [0, 0.1) is 0 Å². The Kier molecular flexibility index (Phi) is 6.04. The molecule has 1 fully saturated rings. The molecular formula is C13H21ClN2O2S. The maximum atomic E-state index is 9.16. The zero-order valence-corrected chi connectivity index (χ0v) is 12.8. The molecule has 2 atom stereocenters. The van der Waals surface area contributed by atoms with Gasteiger partial charge in [0.05, 0.1) is 35.9 Å². The van der Waals surface area contributed by atoms with Gasteiger partial charge in [0.1, 0.15) is 0 Å². The predicted molar refractivity (Wildman–Crippen MR) is 77.9 cm³/mol. The molecule has 1 saturated heterocycles. The van der Waals surface area contributed by atoms with Gasteiger partial charge in [-0.1, -0.05) is 0 Å². The Hall–Kier alpha value is -0.200. The van der Waals surface area contributed by atoms with E-state index >= 15 is 0 Å². The molecule has 0 aliphatic carbocycles. The van der Waals surface area contributed by atoms with Gasteiger partial charge < -0.3 is 9.84 Å². The van der Waals surface area contributed by atoms with Crippen LogP contribution in [0.25, 0.3) is 0 Å². The van der Waals surface area contributed by atoms with Crippen molar-refractivity contribution in [2.45, 2.75) is 37.8 Å². The number of nitrogens with zero attached hydrogens (tertiary/aromatic N) is 2. The fourth-order valence-electron chi connectivity index (χ4n) is 2.26. The van der Waals surface area contributed by atoms with Gasteiger partial charge in [-0.2, -0.15) is 0 Å². The number of hydrogen-bond acceptors (Lipinski definition) is 5. The SMILES string of the molecule is CC1COC(CO)CN1CCCc1nc(CCl)cs1. The topological polar surface area (TPSA) is 45.6 Å². The molecule has 0 amide bonds. The zero-order valence-electron chi connectivity index (χ0n) is 11.2. The van der Waals surface area contributed by atoms with Gasteiger partial charge in [-0.15, -0.1) is 22.9 Å². The minimum absolute atomic E-state index is 0.0288. The van der Waals surface area contributed by atoms with Crippen LogP contribution in [0.3, 0.4) is 0 Å². The number of ether oxygens (including phenoxy) is 1. The fourth-order valence-corrected chi connectivity index (χ4v) is 3.32. The molecule has 1 aromatic rings. The van der Waals surface area contributed by atoms with Gasteiger partial charge >= 0.3 is 0 Å². The van der Waals surface area contributed by atoms with Gasteiger partial charge in [-0.05, 0) is 19.9 Å². The van der Waals surface area contributed by atoms with Gasteiger partial charge in [0, 0.05) is 24.4 Å². The lowest BCUT2D eigenvalue weighted by atomic mass is 10.2. The second kappa shape index (κ2) is 7.55. The van der Waals surface area contributed by atoms with E-state index in [1.54, 1.807) is 11.3 Å². The lowest BCUT2D eigenvalue weighted by molar-refractivity contribution is -0.0778. The Morgan fingerprint density at radius 2 is 2.47 bits per heavy atom. The molecule has 0 saturated carbocycles. The molecule has 0 bridgehead atoms. The molecule has 1 aliphatic rings. The van der Waals surface area contributed by atoms with Gasteiger partial charge in [0.25, 0.3) is 0 Å². The van der Waals surface area contributed by atoms with Gasteiger partial charge in [-0.25, -0.2) is 4.98 Å². The third kappa shape index (κ3) is 4.39. The first-order chi connectivity index (χ1) is 9.22. The summed E-state index contributed by atoms with van der Waals surface area (Å²) < 4.78 is 5.54. The fraction of sp³-hybridized carbons (Fsp3) is 0.769. The van der Waals surface area contributed by atoms with Crippen LogP contribution in [0.5, 0.6) is 0 Å². The van der Waals surface area contributed by atoms with Crippen molar-refractivity contribution < 1.29 is 9.84 Å². The summed E-state index contributed by atoms with van der Waals surface area (Å²) in [6, 6.07) is 0.428. The monoisotopic (exact) mass is 304 g/mol. The van der Waals surface area contributed by atoms with Gasteiger partial charge in [-0.3, -0.25) is 4.90 Å². The summed E-state index contributed by atoms with van der Waals surface area (Å²) in [5.41, 5.74) is 0.974. The number of aliphatic hydroxyl groups is 1. The largest absolute Gasteiger partial charge is 0.394 e. The summed E-state index contributed by atoms with van der Waals surface area (Å²) in [6.45, 7) is 4.83. The Labute approximate surface area is 123 Å². The molecule has 1 aliphatic heterocycles. The quantitative estimate of drug-likeness (QED) is 0.815. The van der Waals surface area contributed by atoms with E-state index in [-0.39, 0.29) is 12.7 Å². The highest BCUT2D eigenvalue weighted by Crippen LogP contribution is 2.16. The number of morpholine rings is 1. The van der Waals surface area contributed by atoms with E-state index in [2.05, 4.69) is 16.8 Å². The van der Waals surface area contributed by atoms with Crippen molar-refractivity contribution in [1.29, 1.82) is 0 Å². The predicted octanol–water partition coefficient (Wildman–Crippen LogP) is 1.90. The van der Waals surface area contributed by atoms with Crippen molar-refractivity contribution in [2.75, 3.05) is 26.3 Å². The normalized spacial score (nSPS) is 24.8. The second-order valence-corrected chi connectivity index (χ2v) is 6.16. The molecule has 1 aromatic heterocycles. The average molecular weight is 305 g/mol. The minimum atomic E-state index is -0.0288. The van der Waals surface area contributed by atoms with Crippen LogP contribution in [0.1, 0.15) is 24.0 Å². The van der Waals surface area contributed by atoms with Crippen LogP contribution < -0.4 is 0 Å². The third-order valence-corrected chi connectivity index (χ3v) is 4.64. The molecule has 0 aromatic carbocycles. The summed E-state index contributed by atoms with van der Waals surface area (Å²) in [6.07, 6.45) is 2.05. The first-order valence-corrected chi connectivity index (χ1v) is 8.10. The number of aromatic nitrogens is 1. The van der Waals surface area contributed by atoms with Crippen molar-refractivity contribution >= 4 is 22.9 Å².